The van der Waals surface area contributed by atoms with E-state index in [1.54, 1.807) is 36.4 Å². The molecule has 0 aliphatic heterocycles. The number of hydrogen-bond acceptors (Lipinski definition) is 5. The number of fused-ring (bicyclic) bond motifs is 1. The summed E-state index contributed by atoms with van der Waals surface area (Å²) >= 11 is 1.44. The Morgan fingerprint density at radius 3 is 1.94 bits per heavy atom. The zero-order valence-corrected chi connectivity index (χ0v) is 18.7. The van der Waals surface area contributed by atoms with Crippen molar-refractivity contribution in [3.63, 3.8) is 0 Å². The number of benzene rings is 3. The van der Waals surface area contributed by atoms with Gasteiger partial charge in [0.15, 0.2) is 0 Å². The molecule has 3 aromatic carbocycles. The molecule has 0 unspecified atom stereocenters. The van der Waals surface area contributed by atoms with Gasteiger partial charge in [0, 0.05) is 22.4 Å². The number of anilines is 2. The quantitative estimate of drug-likeness (QED) is 0.396. The van der Waals surface area contributed by atoms with Crippen molar-refractivity contribution in [2.24, 2.45) is 0 Å². The molecule has 0 spiro atoms. The SMILES string of the molecule is COc1cc(NC(=O)c2sc3ccccc3c2C)c(OC)cc1NC(=O)c1ccccc1. The van der Waals surface area contributed by atoms with Crippen molar-refractivity contribution in [1.29, 1.82) is 0 Å². The number of ether oxygens (including phenoxy) is 2. The van der Waals surface area contributed by atoms with Crippen molar-refractivity contribution in [2.75, 3.05) is 24.9 Å². The molecule has 1 aromatic heterocycles. The topological polar surface area (TPSA) is 76.7 Å². The molecule has 0 radical (unpaired) electrons. The fourth-order valence-corrected chi connectivity index (χ4v) is 4.55. The molecule has 162 valence electrons. The van der Waals surface area contributed by atoms with Crippen LogP contribution in [0.5, 0.6) is 11.5 Å². The predicted molar refractivity (Wildman–Crippen MR) is 128 cm³/mol. The summed E-state index contributed by atoms with van der Waals surface area (Å²) < 4.78 is 12.0. The highest BCUT2D eigenvalue weighted by Crippen LogP contribution is 2.38. The van der Waals surface area contributed by atoms with Crippen molar-refractivity contribution in [3.05, 3.63) is 82.7 Å². The molecule has 2 N–H and O–H groups in total. The van der Waals surface area contributed by atoms with Gasteiger partial charge < -0.3 is 20.1 Å². The first-order chi connectivity index (χ1) is 15.5. The maximum atomic E-state index is 13.1. The van der Waals surface area contributed by atoms with Gasteiger partial charge in [0.1, 0.15) is 11.5 Å². The van der Waals surface area contributed by atoms with Crippen LogP contribution in [0.2, 0.25) is 0 Å². The zero-order valence-electron chi connectivity index (χ0n) is 17.9. The van der Waals surface area contributed by atoms with E-state index in [-0.39, 0.29) is 11.8 Å². The number of nitrogens with one attached hydrogen (secondary N) is 2. The van der Waals surface area contributed by atoms with Crippen molar-refractivity contribution < 1.29 is 19.1 Å². The molecule has 0 aliphatic rings. The van der Waals surface area contributed by atoms with Gasteiger partial charge in [-0.1, -0.05) is 36.4 Å². The number of hydrogen-bond donors (Lipinski definition) is 2. The van der Waals surface area contributed by atoms with Gasteiger partial charge in [-0.15, -0.1) is 11.3 Å². The summed E-state index contributed by atoms with van der Waals surface area (Å²) in [6.45, 7) is 1.94. The van der Waals surface area contributed by atoms with Crippen LogP contribution in [0.3, 0.4) is 0 Å². The van der Waals surface area contributed by atoms with Gasteiger partial charge >= 0.3 is 0 Å². The number of carbonyl (C=O) groups is 2. The van der Waals surface area contributed by atoms with Crippen LogP contribution < -0.4 is 20.1 Å². The van der Waals surface area contributed by atoms with Crippen LogP contribution in [0.15, 0.2) is 66.7 Å². The van der Waals surface area contributed by atoms with Crippen LogP contribution in [0, 0.1) is 6.92 Å². The van der Waals surface area contributed by atoms with Crippen LogP contribution in [0.4, 0.5) is 11.4 Å². The minimum absolute atomic E-state index is 0.231. The van der Waals surface area contributed by atoms with Gasteiger partial charge in [0.05, 0.1) is 30.5 Å². The third-order valence-electron chi connectivity index (χ3n) is 5.10. The first-order valence-electron chi connectivity index (χ1n) is 9.93. The predicted octanol–water partition coefficient (Wildman–Crippen LogP) is 5.73. The highest BCUT2D eigenvalue weighted by Gasteiger charge is 2.19. The Hall–Kier alpha value is -3.84. The summed E-state index contributed by atoms with van der Waals surface area (Å²) in [5, 5.41) is 6.82. The molecular weight excluding hydrogens is 424 g/mol. The normalized spacial score (nSPS) is 10.6. The van der Waals surface area contributed by atoms with Crippen LogP contribution in [0.1, 0.15) is 25.6 Å². The van der Waals surface area contributed by atoms with E-state index in [0.717, 1.165) is 15.6 Å². The summed E-state index contributed by atoms with van der Waals surface area (Å²) in [7, 11) is 3.01. The smallest absolute Gasteiger partial charge is 0.266 e. The standard InChI is InChI=1S/C25H22N2O4S/c1-15-17-11-7-8-12-22(17)32-23(15)25(29)27-19-14-20(30-2)18(13-21(19)31-3)26-24(28)16-9-5-4-6-10-16/h4-14H,1-3H3,(H,26,28)(H,27,29). The molecule has 0 aliphatic carbocycles. The second-order valence-electron chi connectivity index (χ2n) is 7.08. The summed E-state index contributed by atoms with van der Waals surface area (Å²) in [5.74, 6) is 0.300. The van der Waals surface area contributed by atoms with Crippen LogP contribution in [-0.4, -0.2) is 26.0 Å². The molecule has 0 atom stereocenters. The number of rotatable bonds is 6. The van der Waals surface area contributed by atoms with E-state index < -0.39 is 0 Å². The van der Waals surface area contributed by atoms with Gasteiger partial charge in [-0.2, -0.15) is 0 Å². The van der Waals surface area contributed by atoms with Gasteiger partial charge in [-0.05, 0) is 36.1 Å². The molecule has 4 aromatic rings. The number of amides is 2. The largest absolute Gasteiger partial charge is 0.494 e. The highest BCUT2D eigenvalue weighted by molar-refractivity contribution is 7.21. The minimum atomic E-state index is -0.274. The van der Waals surface area contributed by atoms with E-state index in [9.17, 15) is 9.59 Å². The van der Waals surface area contributed by atoms with Crippen LogP contribution in [0.25, 0.3) is 10.1 Å². The van der Waals surface area contributed by atoms with Crippen LogP contribution >= 0.6 is 11.3 Å². The fraction of sp³-hybridized carbons (Fsp3) is 0.120. The second-order valence-corrected chi connectivity index (χ2v) is 8.13. The lowest BCUT2D eigenvalue weighted by Crippen LogP contribution is -2.15. The molecule has 32 heavy (non-hydrogen) atoms. The van der Waals surface area contributed by atoms with Gasteiger partial charge in [0.2, 0.25) is 0 Å². The monoisotopic (exact) mass is 446 g/mol. The first kappa shape index (κ1) is 21.4. The van der Waals surface area contributed by atoms with E-state index in [2.05, 4.69) is 10.6 Å². The second kappa shape index (κ2) is 9.11. The molecule has 6 nitrogen and oxygen atoms in total. The third kappa shape index (κ3) is 4.15. The molecule has 0 saturated carbocycles. The number of aryl methyl sites for hydroxylation is 1. The zero-order chi connectivity index (χ0) is 22.7. The van der Waals surface area contributed by atoms with Crippen molar-refractivity contribution >= 4 is 44.6 Å². The van der Waals surface area contributed by atoms with Gasteiger partial charge in [-0.3, -0.25) is 9.59 Å². The van der Waals surface area contributed by atoms with Gasteiger partial charge in [-0.25, -0.2) is 0 Å². The van der Waals surface area contributed by atoms with Crippen molar-refractivity contribution in [2.45, 2.75) is 6.92 Å². The van der Waals surface area contributed by atoms with E-state index >= 15 is 0 Å². The summed E-state index contributed by atoms with van der Waals surface area (Å²) in [6, 6.07) is 20.1. The van der Waals surface area contributed by atoms with E-state index in [0.29, 0.717) is 33.3 Å². The lowest BCUT2D eigenvalue weighted by molar-refractivity contribution is 0.101. The molecule has 0 saturated heterocycles. The molecule has 7 heteroatoms. The third-order valence-corrected chi connectivity index (χ3v) is 6.38. The lowest BCUT2D eigenvalue weighted by Gasteiger charge is -2.16. The Bertz CT molecular complexity index is 1300. The molecular formula is C25H22N2O4S. The average molecular weight is 447 g/mol. The highest BCUT2D eigenvalue weighted by atomic mass is 32.1. The maximum Gasteiger partial charge on any atom is 0.266 e. The van der Waals surface area contributed by atoms with Crippen molar-refractivity contribution in [3.8, 4) is 11.5 Å². The Morgan fingerprint density at radius 1 is 0.781 bits per heavy atom. The molecule has 0 fully saturated rings. The van der Waals surface area contributed by atoms with Crippen LogP contribution in [-0.2, 0) is 0 Å². The molecule has 0 bridgehead atoms. The maximum absolute atomic E-state index is 13.1. The van der Waals surface area contributed by atoms with E-state index in [4.69, 9.17) is 9.47 Å². The Morgan fingerprint density at radius 2 is 1.34 bits per heavy atom. The lowest BCUT2D eigenvalue weighted by atomic mass is 10.1. The van der Waals surface area contributed by atoms with Crippen molar-refractivity contribution in [1.82, 2.24) is 0 Å². The molecule has 4 rings (SSSR count). The summed E-state index contributed by atoms with van der Waals surface area (Å²) in [5.41, 5.74) is 2.34. The molecule has 1 heterocycles. The molecule has 2 amide bonds. The average Bonchev–Trinajstić information content (AvgIpc) is 3.17. The minimum Gasteiger partial charge on any atom is -0.494 e. The Kier molecular flexibility index (Phi) is 6.09. The summed E-state index contributed by atoms with van der Waals surface area (Å²) in [6.07, 6.45) is 0. The van der Waals surface area contributed by atoms with E-state index in [1.165, 1.54) is 25.6 Å². The van der Waals surface area contributed by atoms with E-state index in [1.807, 2.05) is 37.3 Å². The fourth-order valence-electron chi connectivity index (χ4n) is 3.45. The number of methoxy groups -OCH3 is 2. The Labute approximate surface area is 189 Å². The number of thiophene rings is 1. The number of carbonyl (C=O) groups excluding carboxylic acids is 2. The Balaban J connectivity index is 1.63. The van der Waals surface area contributed by atoms with Gasteiger partial charge in [0.25, 0.3) is 11.8 Å². The first-order valence-corrected chi connectivity index (χ1v) is 10.8. The summed E-state index contributed by atoms with van der Waals surface area (Å²) in [4.78, 5) is 26.3.